The Kier molecular flexibility index (Phi) is 4.46. The van der Waals surface area contributed by atoms with Crippen molar-refractivity contribution in [3.8, 4) is 0 Å². The van der Waals surface area contributed by atoms with Crippen LogP contribution in [0.25, 0.3) is 0 Å². The second kappa shape index (κ2) is 5.48. The third-order valence-corrected chi connectivity index (χ3v) is 2.88. The molecule has 0 spiro atoms. The Balaban J connectivity index is 2.65. The summed E-state index contributed by atoms with van der Waals surface area (Å²) in [5.41, 5.74) is 7.88. The van der Waals surface area contributed by atoms with Gasteiger partial charge in [-0.2, -0.15) is 0 Å². The Morgan fingerprint density at radius 2 is 2.00 bits per heavy atom. The van der Waals surface area contributed by atoms with Crippen molar-refractivity contribution in [3.05, 3.63) is 23.4 Å². The summed E-state index contributed by atoms with van der Waals surface area (Å²) in [5.74, 6) is 0.508. The molecule has 0 bridgehead atoms. The number of amides is 1. The first-order valence-electron chi connectivity index (χ1n) is 6.19. The molecule has 1 heterocycles. The van der Waals surface area contributed by atoms with E-state index in [1.165, 1.54) is 0 Å². The minimum atomic E-state index is -0.164. The molecule has 4 heteroatoms. The van der Waals surface area contributed by atoms with E-state index in [1.807, 2.05) is 46.8 Å². The number of nitrogens with zero attached hydrogens (tertiary/aromatic N) is 1. The molecule has 1 atom stereocenters. The number of hydrogen-bond donors (Lipinski definition) is 2. The van der Waals surface area contributed by atoms with Gasteiger partial charge in [-0.3, -0.25) is 4.79 Å². The van der Waals surface area contributed by atoms with Gasteiger partial charge in [-0.05, 0) is 37.0 Å². The first-order chi connectivity index (χ1) is 8.18. The normalized spacial score (nSPS) is 13.2. The van der Waals surface area contributed by atoms with Gasteiger partial charge >= 0.3 is 0 Å². The Bertz CT molecular complexity index is 415. The van der Waals surface area contributed by atoms with Gasteiger partial charge in [0.15, 0.2) is 0 Å². The number of anilines is 1. The molecule has 1 rings (SSSR count). The molecule has 4 nitrogen and oxygen atoms in total. The van der Waals surface area contributed by atoms with Crippen LogP contribution in [-0.4, -0.2) is 16.9 Å². The van der Waals surface area contributed by atoms with E-state index in [2.05, 4.69) is 10.3 Å². The van der Waals surface area contributed by atoms with E-state index in [0.29, 0.717) is 12.2 Å². The molecule has 0 radical (unpaired) electrons. The standard InChI is InChI=1S/C14H23N3O/c1-9-6-10(2)16-12(7-9)17-13(18)8-11(15)14(3,4)5/h6-7,11H,8,15H2,1-5H3,(H,16,17,18). The fourth-order valence-electron chi connectivity index (χ4n) is 1.61. The average molecular weight is 249 g/mol. The first-order valence-corrected chi connectivity index (χ1v) is 6.19. The van der Waals surface area contributed by atoms with E-state index >= 15 is 0 Å². The SMILES string of the molecule is Cc1cc(C)nc(NC(=O)CC(N)C(C)(C)C)c1. The zero-order chi connectivity index (χ0) is 13.9. The maximum atomic E-state index is 11.9. The van der Waals surface area contributed by atoms with Crippen LogP contribution in [0.15, 0.2) is 12.1 Å². The molecule has 1 aromatic heterocycles. The average Bonchev–Trinajstić information content (AvgIpc) is 2.13. The fraction of sp³-hybridized carbons (Fsp3) is 0.571. The highest BCUT2D eigenvalue weighted by molar-refractivity contribution is 5.90. The summed E-state index contributed by atoms with van der Waals surface area (Å²) in [5, 5.41) is 2.80. The van der Waals surface area contributed by atoms with Crippen LogP contribution >= 0.6 is 0 Å². The number of aromatic nitrogens is 1. The predicted octanol–water partition coefficient (Wildman–Crippen LogP) is 2.40. The van der Waals surface area contributed by atoms with E-state index in [4.69, 9.17) is 5.73 Å². The van der Waals surface area contributed by atoms with Gasteiger partial charge in [-0.15, -0.1) is 0 Å². The van der Waals surface area contributed by atoms with E-state index in [9.17, 15) is 4.79 Å². The van der Waals surface area contributed by atoms with Crippen molar-refractivity contribution in [3.63, 3.8) is 0 Å². The molecule has 0 aliphatic carbocycles. The number of nitrogens with one attached hydrogen (secondary N) is 1. The van der Waals surface area contributed by atoms with Crippen LogP contribution in [0.3, 0.4) is 0 Å². The second-order valence-corrected chi connectivity index (χ2v) is 5.90. The lowest BCUT2D eigenvalue weighted by Crippen LogP contribution is -2.38. The summed E-state index contributed by atoms with van der Waals surface area (Å²) in [7, 11) is 0. The van der Waals surface area contributed by atoms with Gasteiger partial charge in [-0.25, -0.2) is 4.98 Å². The van der Waals surface area contributed by atoms with Gasteiger partial charge in [0, 0.05) is 18.2 Å². The topological polar surface area (TPSA) is 68.0 Å². The van der Waals surface area contributed by atoms with Crippen LogP contribution < -0.4 is 11.1 Å². The maximum Gasteiger partial charge on any atom is 0.227 e. The van der Waals surface area contributed by atoms with Crippen LogP contribution in [0, 0.1) is 19.3 Å². The quantitative estimate of drug-likeness (QED) is 0.864. The van der Waals surface area contributed by atoms with Crippen molar-refractivity contribution in [2.75, 3.05) is 5.32 Å². The molecule has 1 amide bonds. The molecule has 0 saturated heterocycles. The zero-order valence-corrected chi connectivity index (χ0v) is 11.9. The molecule has 1 unspecified atom stereocenters. The largest absolute Gasteiger partial charge is 0.327 e. The van der Waals surface area contributed by atoms with Gasteiger partial charge in [-0.1, -0.05) is 20.8 Å². The molecule has 0 aromatic carbocycles. The molecule has 0 aliphatic rings. The van der Waals surface area contributed by atoms with Crippen molar-refractivity contribution in [2.24, 2.45) is 11.1 Å². The van der Waals surface area contributed by atoms with E-state index < -0.39 is 0 Å². The maximum absolute atomic E-state index is 11.9. The second-order valence-electron chi connectivity index (χ2n) is 5.90. The molecular weight excluding hydrogens is 226 g/mol. The third-order valence-electron chi connectivity index (χ3n) is 2.88. The Hall–Kier alpha value is -1.42. The van der Waals surface area contributed by atoms with Gasteiger partial charge in [0.1, 0.15) is 5.82 Å². The van der Waals surface area contributed by atoms with Crippen LogP contribution in [-0.2, 0) is 4.79 Å². The monoisotopic (exact) mass is 249 g/mol. The molecule has 0 fully saturated rings. The van der Waals surface area contributed by atoms with Gasteiger partial charge in [0.05, 0.1) is 0 Å². The summed E-state index contributed by atoms with van der Waals surface area (Å²) < 4.78 is 0. The summed E-state index contributed by atoms with van der Waals surface area (Å²) in [6.07, 6.45) is 0.304. The highest BCUT2D eigenvalue weighted by atomic mass is 16.1. The lowest BCUT2D eigenvalue weighted by Gasteiger charge is -2.26. The van der Waals surface area contributed by atoms with Crippen molar-refractivity contribution in [1.82, 2.24) is 4.98 Å². The van der Waals surface area contributed by atoms with E-state index in [1.54, 1.807) is 0 Å². The zero-order valence-electron chi connectivity index (χ0n) is 11.9. The summed E-state index contributed by atoms with van der Waals surface area (Å²) in [6.45, 7) is 9.97. The Morgan fingerprint density at radius 1 is 1.39 bits per heavy atom. The number of carbonyl (C=O) groups is 1. The number of carbonyl (C=O) groups excluding carboxylic acids is 1. The van der Waals surface area contributed by atoms with Crippen LogP contribution in [0.2, 0.25) is 0 Å². The van der Waals surface area contributed by atoms with Crippen LogP contribution in [0.1, 0.15) is 38.4 Å². The Labute approximate surface area is 109 Å². The fourth-order valence-corrected chi connectivity index (χ4v) is 1.61. The molecule has 1 aromatic rings. The molecule has 3 N–H and O–H groups in total. The molecule has 0 saturated carbocycles. The van der Waals surface area contributed by atoms with Crippen molar-refractivity contribution >= 4 is 11.7 Å². The third kappa shape index (κ3) is 4.45. The molecular formula is C14H23N3O. The number of hydrogen-bond acceptors (Lipinski definition) is 3. The number of rotatable bonds is 3. The minimum Gasteiger partial charge on any atom is -0.327 e. The van der Waals surface area contributed by atoms with Crippen molar-refractivity contribution in [1.29, 1.82) is 0 Å². The van der Waals surface area contributed by atoms with Gasteiger partial charge < -0.3 is 11.1 Å². The smallest absolute Gasteiger partial charge is 0.227 e. The number of nitrogens with two attached hydrogens (primary N) is 1. The van der Waals surface area contributed by atoms with Crippen LogP contribution in [0.5, 0.6) is 0 Å². The van der Waals surface area contributed by atoms with Crippen molar-refractivity contribution < 1.29 is 4.79 Å². The first kappa shape index (κ1) is 14.6. The highest BCUT2D eigenvalue weighted by Gasteiger charge is 2.23. The lowest BCUT2D eigenvalue weighted by atomic mass is 9.85. The van der Waals surface area contributed by atoms with Gasteiger partial charge in [0.2, 0.25) is 5.91 Å². The summed E-state index contributed by atoms with van der Waals surface area (Å²) >= 11 is 0. The lowest BCUT2D eigenvalue weighted by molar-refractivity contribution is -0.117. The molecule has 0 aliphatic heterocycles. The van der Waals surface area contributed by atoms with E-state index in [0.717, 1.165) is 11.3 Å². The summed E-state index contributed by atoms with van der Waals surface area (Å²) in [6, 6.07) is 3.66. The Morgan fingerprint density at radius 3 is 2.50 bits per heavy atom. The molecule has 100 valence electrons. The molecule has 18 heavy (non-hydrogen) atoms. The van der Waals surface area contributed by atoms with Crippen LogP contribution in [0.4, 0.5) is 5.82 Å². The predicted molar refractivity (Wildman–Crippen MR) is 74.4 cm³/mol. The minimum absolute atomic E-state index is 0.0761. The summed E-state index contributed by atoms with van der Waals surface area (Å²) in [4.78, 5) is 16.1. The van der Waals surface area contributed by atoms with Gasteiger partial charge in [0.25, 0.3) is 0 Å². The highest BCUT2D eigenvalue weighted by Crippen LogP contribution is 2.20. The van der Waals surface area contributed by atoms with Crippen molar-refractivity contribution in [2.45, 2.75) is 47.1 Å². The number of pyridine rings is 1. The van der Waals surface area contributed by atoms with E-state index in [-0.39, 0.29) is 17.4 Å². The number of aryl methyl sites for hydroxylation is 2.